The highest BCUT2D eigenvalue weighted by atomic mass is 16.5. The molecule has 0 saturated carbocycles. The van der Waals surface area contributed by atoms with Crippen molar-refractivity contribution < 1.29 is 9.84 Å². The lowest BCUT2D eigenvalue weighted by atomic mass is 9.98. The third-order valence-electron chi connectivity index (χ3n) is 4.03. The van der Waals surface area contributed by atoms with E-state index in [0.717, 1.165) is 51.3 Å². The zero-order chi connectivity index (χ0) is 15.1. The zero-order valence-corrected chi connectivity index (χ0v) is 13.1. The van der Waals surface area contributed by atoms with E-state index in [1.165, 1.54) is 5.56 Å². The number of ether oxygens (including phenoxy) is 1. The predicted molar refractivity (Wildman–Crippen MR) is 84.5 cm³/mol. The van der Waals surface area contributed by atoms with Gasteiger partial charge in [0.25, 0.3) is 0 Å². The van der Waals surface area contributed by atoms with Gasteiger partial charge in [-0.3, -0.25) is 0 Å². The lowest BCUT2D eigenvalue weighted by Crippen LogP contribution is -2.30. The Morgan fingerprint density at radius 3 is 3.10 bits per heavy atom. The molecule has 0 aromatic carbocycles. The van der Waals surface area contributed by atoms with Crippen molar-refractivity contribution in [3.8, 4) is 0 Å². The first kappa shape index (κ1) is 16.2. The first-order valence-corrected chi connectivity index (χ1v) is 7.73. The normalized spacial score (nSPS) is 23.1. The van der Waals surface area contributed by atoms with E-state index in [1.807, 2.05) is 19.2 Å². The second kappa shape index (κ2) is 7.73. The van der Waals surface area contributed by atoms with Crippen LogP contribution in [0.5, 0.6) is 0 Å². The van der Waals surface area contributed by atoms with Crippen LogP contribution in [0.25, 0.3) is 0 Å². The van der Waals surface area contributed by atoms with Gasteiger partial charge in [0.2, 0.25) is 0 Å². The summed E-state index contributed by atoms with van der Waals surface area (Å²) in [4.78, 5) is 6.86. The highest BCUT2D eigenvalue weighted by Crippen LogP contribution is 2.26. The van der Waals surface area contributed by atoms with Gasteiger partial charge in [0.05, 0.1) is 12.2 Å². The smallest absolute Gasteiger partial charge is 0.133 e. The van der Waals surface area contributed by atoms with Gasteiger partial charge in [0.1, 0.15) is 5.82 Å². The molecule has 1 aliphatic rings. The van der Waals surface area contributed by atoms with Crippen LogP contribution in [0.2, 0.25) is 0 Å². The summed E-state index contributed by atoms with van der Waals surface area (Å²) in [5, 5.41) is 13.6. The molecule has 21 heavy (non-hydrogen) atoms. The molecule has 5 nitrogen and oxygen atoms in total. The van der Waals surface area contributed by atoms with E-state index in [2.05, 4.69) is 21.3 Å². The molecule has 118 valence electrons. The van der Waals surface area contributed by atoms with E-state index in [-0.39, 0.29) is 0 Å². The Kier molecular flexibility index (Phi) is 5.96. The van der Waals surface area contributed by atoms with Gasteiger partial charge in [0, 0.05) is 45.0 Å². The minimum atomic E-state index is -0.541. The molecule has 2 heterocycles. The van der Waals surface area contributed by atoms with Crippen LogP contribution < -0.4 is 10.2 Å². The Balaban J connectivity index is 2.01. The van der Waals surface area contributed by atoms with E-state index >= 15 is 0 Å². The first-order chi connectivity index (χ1) is 10.1. The average molecular weight is 293 g/mol. The van der Waals surface area contributed by atoms with Crippen LogP contribution in [0.4, 0.5) is 5.82 Å². The summed E-state index contributed by atoms with van der Waals surface area (Å²) in [6.45, 7) is 6.08. The summed E-state index contributed by atoms with van der Waals surface area (Å²) < 4.78 is 5.05. The number of hydrogen-bond acceptors (Lipinski definition) is 5. The lowest BCUT2D eigenvalue weighted by molar-refractivity contribution is 0.0481. The lowest BCUT2D eigenvalue weighted by Gasteiger charge is -2.25. The average Bonchev–Trinajstić information content (AvgIpc) is 2.65. The third-order valence-corrected chi connectivity index (χ3v) is 4.03. The highest BCUT2D eigenvalue weighted by molar-refractivity contribution is 5.46. The molecule has 0 bridgehead atoms. The summed E-state index contributed by atoms with van der Waals surface area (Å²) in [5.74, 6) is 1.04. The molecule has 1 aromatic rings. The van der Waals surface area contributed by atoms with Crippen molar-refractivity contribution in [2.75, 3.05) is 38.3 Å². The topological polar surface area (TPSA) is 57.6 Å². The van der Waals surface area contributed by atoms with E-state index in [1.54, 1.807) is 7.11 Å². The van der Waals surface area contributed by atoms with E-state index in [0.29, 0.717) is 6.61 Å². The number of anilines is 1. The predicted octanol–water partition coefficient (Wildman–Crippen LogP) is 1.56. The van der Waals surface area contributed by atoms with Crippen LogP contribution in [0, 0.1) is 0 Å². The molecule has 2 rings (SSSR count). The van der Waals surface area contributed by atoms with Crippen molar-refractivity contribution in [2.24, 2.45) is 0 Å². The quantitative estimate of drug-likeness (QED) is 0.780. The number of methoxy groups -OCH3 is 1. The van der Waals surface area contributed by atoms with Crippen LogP contribution in [-0.2, 0) is 11.3 Å². The second-order valence-corrected chi connectivity index (χ2v) is 5.99. The second-order valence-electron chi connectivity index (χ2n) is 5.99. The van der Waals surface area contributed by atoms with Gasteiger partial charge in [-0.1, -0.05) is 6.07 Å². The van der Waals surface area contributed by atoms with E-state index in [4.69, 9.17) is 4.74 Å². The van der Waals surface area contributed by atoms with Crippen molar-refractivity contribution in [2.45, 2.75) is 38.3 Å². The fourth-order valence-corrected chi connectivity index (χ4v) is 2.73. The number of hydrogen-bond donors (Lipinski definition) is 2. The monoisotopic (exact) mass is 293 g/mol. The number of aromatic nitrogens is 1. The van der Waals surface area contributed by atoms with Crippen molar-refractivity contribution in [1.82, 2.24) is 10.3 Å². The van der Waals surface area contributed by atoms with Gasteiger partial charge in [-0.2, -0.15) is 0 Å². The maximum atomic E-state index is 10.2. The summed E-state index contributed by atoms with van der Waals surface area (Å²) in [6.07, 6.45) is 4.50. The van der Waals surface area contributed by atoms with Gasteiger partial charge < -0.3 is 20.1 Å². The molecule has 0 spiro atoms. The Labute approximate surface area is 127 Å². The van der Waals surface area contributed by atoms with Gasteiger partial charge in [-0.15, -0.1) is 0 Å². The van der Waals surface area contributed by atoms with Crippen molar-refractivity contribution >= 4 is 5.82 Å². The van der Waals surface area contributed by atoms with E-state index in [9.17, 15) is 5.11 Å². The standard InChI is InChI=1S/C16H27N3O2/c1-16(20)6-4-10-19(11-7-16)15-14(5-3-8-18-15)13-17-9-12-21-2/h3,5,8,17,20H,4,6-7,9-13H2,1-2H3. The number of rotatable bonds is 6. The molecule has 1 atom stereocenters. The molecule has 0 amide bonds. The Bertz CT molecular complexity index is 437. The van der Waals surface area contributed by atoms with Crippen LogP contribution in [0.15, 0.2) is 18.3 Å². The zero-order valence-electron chi connectivity index (χ0n) is 13.1. The molecule has 1 unspecified atom stereocenters. The molecular formula is C16H27N3O2. The molecule has 2 N–H and O–H groups in total. The van der Waals surface area contributed by atoms with Crippen LogP contribution in [0.1, 0.15) is 31.7 Å². The molecule has 0 radical (unpaired) electrons. The van der Waals surface area contributed by atoms with Crippen molar-refractivity contribution in [1.29, 1.82) is 0 Å². The Morgan fingerprint density at radius 2 is 2.29 bits per heavy atom. The van der Waals surface area contributed by atoms with E-state index < -0.39 is 5.60 Å². The Morgan fingerprint density at radius 1 is 1.43 bits per heavy atom. The molecule has 5 heteroatoms. The maximum absolute atomic E-state index is 10.2. The summed E-state index contributed by atoms with van der Waals surface area (Å²) >= 11 is 0. The van der Waals surface area contributed by atoms with Crippen LogP contribution in [0.3, 0.4) is 0 Å². The Hall–Kier alpha value is -1.17. The molecular weight excluding hydrogens is 266 g/mol. The van der Waals surface area contributed by atoms with Crippen LogP contribution in [-0.4, -0.2) is 49.0 Å². The molecule has 1 fully saturated rings. The molecule has 1 aliphatic heterocycles. The number of pyridine rings is 1. The van der Waals surface area contributed by atoms with Gasteiger partial charge in [-0.05, 0) is 32.3 Å². The van der Waals surface area contributed by atoms with Crippen molar-refractivity contribution in [3.05, 3.63) is 23.9 Å². The number of aliphatic hydroxyl groups is 1. The van der Waals surface area contributed by atoms with Gasteiger partial charge >= 0.3 is 0 Å². The SMILES string of the molecule is COCCNCc1cccnc1N1CCCC(C)(O)CC1. The fourth-order valence-electron chi connectivity index (χ4n) is 2.73. The maximum Gasteiger partial charge on any atom is 0.133 e. The van der Waals surface area contributed by atoms with Gasteiger partial charge in [0.15, 0.2) is 0 Å². The molecule has 0 aliphatic carbocycles. The van der Waals surface area contributed by atoms with Crippen LogP contribution >= 0.6 is 0 Å². The third kappa shape index (κ3) is 4.95. The molecule has 1 aromatic heterocycles. The van der Waals surface area contributed by atoms with Crippen molar-refractivity contribution in [3.63, 3.8) is 0 Å². The molecule has 1 saturated heterocycles. The largest absolute Gasteiger partial charge is 0.390 e. The highest BCUT2D eigenvalue weighted by Gasteiger charge is 2.26. The summed E-state index contributed by atoms with van der Waals surface area (Å²) in [6, 6.07) is 4.09. The minimum absolute atomic E-state index is 0.541. The number of nitrogens with zero attached hydrogens (tertiary/aromatic N) is 2. The fraction of sp³-hybridized carbons (Fsp3) is 0.688. The summed E-state index contributed by atoms with van der Waals surface area (Å²) in [5.41, 5.74) is 0.663. The van der Waals surface area contributed by atoms with Gasteiger partial charge in [-0.25, -0.2) is 4.98 Å². The first-order valence-electron chi connectivity index (χ1n) is 7.73. The minimum Gasteiger partial charge on any atom is -0.390 e. The number of nitrogens with one attached hydrogen (secondary N) is 1. The summed E-state index contributed by atoms with van der Waals surface area (Å²) in [7, 11) is 1.71.